The van der Waals surface area contributed by atoms with Crippen molar-refractivity contribution in [1.82, 2.24) is 4.90 Å². The second kappa shape index (κ2) is 9.40. The lowest BCUT2D eigenvalue weighted by Crippen LogP contribution is -2.30. The molecule has 3 aromatic carbocycles. The highest BCUT2D eigenvalue weighted by Gasteiger charge is 2.22. The van der Waals surface area contributed by atoms with Crippen LogP contribution in [0.1, 0.15) is 34.5 Å². The lowest BCUT2D eigenvalue weighted by molar-refractivity contribution is 0.0741. The summed E-state index contributed by atoms with van der Waals surface area (Å²) in [5.74, 6) is -0.221. The number of carbonyl (C=O) groups excluding carboxylic acids is 1. The van der Waals surface area contributed by atoms with Crippen molar-refractivity contribution >= 4 is 21.6 Å². The van der Waals surface area contributed by atoms with Crippen LogP contribution >= 0.6 is 0 Å². The average Bonchev–Trinajstić information content (AvgIpc) is 2.79. The molecule has 32 heavy (non-hydrogen) atoms. The van der Waals surface area contributed by atoms with E-state index in [9.17, 15) is 17.6 Å². The van der Waals surface area contributed by atoms with Gasteiger partial charge in [0.15, 0.2) is 0 Å². The fraction of sp³-hybridized carbons (Fsp3) is 0.208. The van der Waals surface area contributed by atoms with Crippen LogP contribution in [0.5, 0.6) is 5.75 Å². The molecule has 1 amide bonds. The number of methoxy groups -OCH3 is 1. The molecule has 3 rings (SSSR count). The lowest BCUT2D eigenvalue weighted by Gasteiger charge is -2.27. The van der Waals surface area contributed by atoms with E-state index in [1.165, 1.54) is 24.3 Å². The second-order valence-corrected chi connectivity index (χ2v) is 9.11. The standard InChI is InChI=1S/C24H25FN2O4S/c1-16-12-13-20(15-22(16)25)32(29,30)26-19-9-7-8-18(14-19)24(28)27(3)17(2)21-10-5-6-11-23(21)31-4/h5-15,17,26H,1-4H3. The van der Waals surface area contributed by atoms with Gasteiger partial charge in [0.1, 0.15) is 11.6 Å². The monoisotopic (exact) mass is 456 g/mol. The van der Waals surface area contributed by atoms with Gasteiger partial charge < -0.3 is 9.64 Å². The number of anilines is 1. The van der Waals surface area contributed by atoms with Crippen LogP contribution in [0.25, 0.3) is 0 Å². The van der Waals surface area contributed by atoms with Crippen LogP contribution in [0.2, 0.25) is 0 Å². The van der Waals surface area contributed by atoms with Crippen LogP contribution in [0.4, 0.5) is 10.1 Å². The van der Waals surface area contributed by atoms with Crippen LogP contribution in [0, 0.1) is 12.7 Å². The first kappa shape index (κ1) is 23.3. The van der Waals surface area contributed by atoms with Crippen molar-refractivity contribution in [3.63, 3.8) is 0 Å². The van der Waals surface area contributed by atoms with Crippen LogP contribution in [0.3, 0.4) is 0 Å². The molecular weight excluding hydrogens is 431 g/mol. The van der Waals surface area contributed by atoms with Crippen molar-refractivity contribution in [2.24, 2.45) is 0 Å². The molecule has 0 bridgehead atoms. The molecule has 1 unspecified atom stereocenters. The van der Waals surface area contributed by atoms with Gasteiger partial charge in [-0.15, -0.1) is 0 Å². The number of carbonyl (C=O) groups is 1. The molecule has 1 N–H and O–H groups in total. The SMILES string of the molecule is COc1ccccc1C(C)N(C)C(=O)c1cccc(NS(=O)(=O)c2ccc(C)c(F)c2)c1. The van der Waals surface area contributed by atoms with Crippen molar-refractivity contribution in [1.29, 1.82) is 0 Å². The Balaban J connectivity index is 1.83. The summed E-state index contributed by atoms with van der Waals surface area (Å²) in [6.45, 7) is 3.44. The number of nitrogens with zero attached hydrogens (tertiary/aromatic N) is 1. The molecule has 8 heteroatoms. The molecule has 3 aromatic rings. The number of ether oxygens (including phenoxy) is 1. The number of amides is 1. The van der Waals surface area contributed by atoms with Crippen LogP contribution in [-0.4, -0.2) is 33.4 Å². The maximum Gasteiger partial charge on any atom is 0.261 e. The molecule has 0 heterocycles. The van der Waals surface area contributed by atoms with E-state index in [0.29, 0.717) is 16.9 Å². The van der Waals surface area contributed by atoms with Gasteiger partial charge in [0.25, 0.3) is 15.9 Å². The van der Waals surface area contributed by atoms with E-state index in [4.69, 9.17) is 4.74 Å². The van der Waals surface area contributed by atoms with Crippen molar-refractivity contribution in [2.45, 2.75) is 24.8 Å². The zero-order valence-electron chi connectivity index (χ0n) is 18.3. The molecule has 0 aliphatic rings. The summed E-state index contributed by atoms with van der Waals surface area (Å²) < 4.78 is 46.9. The van der Waals surface area contributed by atoms with Crippen molar-refractivity contribution < 1.29 is 22.3 Å². The number of sulfonamides is 1. The summed E-state index contributed by atoms with van der Waals surface area (Å²) in [5, 5.41) is 0. The summed E-state index contributed by atoms with van der Waals surface area (Å²) >= 11 is 0. The Labute approximate surface area is 187 Å². The molecule has 168 valence electrons. The van der Waals surface area contributed by atoms with Crippen molar-refractivity contribution in [2.75, 3.05) is 18.9 Å². The number of hydrogen-bond acceptors (Lipinski definition) is 4. The highest BCUT2D eigenvalue weighted by molar-refractivity contribution is 7.92. The van der Waals surface area contributed by atoms with E-state index in [-0.39, 0.29) is 22.5 Å². The first-order valence-corrected chi connectivity index (χ1v) is 11.4. The second-order valence-electron chi connectivity index (χ2n) is 7.43. The summed E-state index contributed by atoms with van der Waals surface area (Å²) in [4.78, 5) is 14.4. The van der Waals surface area contributed by atoms with Gasteiger partial charge in [0.05, 0.1) is 18.0 Å². The lowest BCUT2D eigenvalue weighted by atomic mass is 10.0. The molecular formula is C24H25FN2O4S. The number of halogens is 1. The normalized spacial score (nSPS) is 12.2. The van der Waals surface area contributed by atoms with Crippen LogP contribution in [-0.2, 0) is 10.0 Å². The van der Waals surface area contributed by atoms with Gasteiger partial charge in [-0.2, -0.15) is 0 Å². The topological polar surface area (TPSA) is 75.7 Å². The van der Waals surface area contributed by atoms with Gasteiger partial charge in [0.2, 0.25) is 0 Å². The first-order valence-electron chi connectivity index (χ1n) is 9.93. The molecule has 0 aliphatic heterocycles. The molecule has 0 spiro atoms. The Bertz CT molecular complexity index is 1240. The number of hydrogen-bond donors (Lipinski definition) is 1. The van der Waals surface area contributed by atoms with Crippen molar-refractivity contribution in [3.05, 3.63) is 89.2 Å². The Morgan fingerprint density at radius 1 is 1.06 bits per heavy atom. The molecule has 0 saturated carbocycles. The fourth-order valence-electron chi connectivity index (χ4n) is 3.27. The molecule has 0 aromatic heterocycles. The average molecular weight is 457 g/mol. The Morgan fingerprint density at radius 3 is 2.47 bits per heavy atom. The van der Waals surface area contributed by atoms with Gasteiger partial charge in [-0.05, 0) is 55.8 Å². The van der Waals surface area contributed by atoms with E-state index in [1.54, 1.807) is 38.1 Å². The minimum atomic E-state index is -4.02. The number of rotatable bonds is 7. The molecule has 1 atom stereocenters. The quantitative estimate of drug-likeness (QED) is 0.555. The molecule has 6 nitrogen and oxygen atoms in total. The summed E-state index contributed by atoms with van der Waals surface area (Å²) in [5.41, 5.74) is 1.72. The predicted molar refractivity (Wildman–Crippen MR) is 122 cm³/mol. The van der Waals surface area contributed by atoms with E-state index in [0.717, 1.165) is 11.6 Å². The van der Waals surface area contributed by atoms with Gasteiger partial charge in [0, 0.05) is 23.9 Å². The highest BCUT2D eigenvalue weighted by Crippen LogP contribution is 2.29. The summed E-state index contributed by atoms with van der Waals surface area (Å²) in [7, 11) is -0.771. The number of nitrogens with one attached hydrogen (secondary N) is 1. The van der Waals surface area contributed by atoms with Crippen LogP contribution < -0.4 is 9.46 Å². The first-order chi connectivity index (χ1) is 15.1. The molecule has 0 fully saturated rings. The largest absolute Gasteiger partial charge is 0.496 e. The summed E-state index contributed by atoms with van der Waals surface area (Å²) in [6, 6.07) is 17.0. The fourth-order valence-corrected chi connectivity index (χ4v) is 4.33. The number of para-hydroxylation sites is 1. The predicted octanol–water partition coefficient (Wildman–Crippen LogP) is 4.78. The number of aryl methyl sites for hydroxylation is 1. The maximum absolute atomic E-state index is 13.8. The minimum absolute atomic E-state index is 0.195. The zero-order valence-corrected chi connectivity index (χ0v) is 19.1. The third-order valence-corrected chi connectivity index (χ3v) is 6.68. The van der Waals surface area contributed by atoms with Crippen LogP contribution in [0.15, 0.2) is 71.6 Å². The van der Waals surface area contributed by atoms with Gasteiger partial charge in [-0.3, -0.25) is 9.52 Å². The van der Waals surface area contributed by atoms with Gasteiger partial charge in [-0.25, -0.2) is 12.8 Å². The summed E-state index contributed by atoms with van der Waals surface area (Å²) in [6.07, 6.45) is 0. The van der Waals surface area contributed by atoms with E-state index in [1.807, 2.05) is 31.2 Å². The smallest absolute Gasteiger partial charge is 0.261 e. The Hall–Kier alpha value is -3.39. The molecule has 0 saturated heterocycles. The minimum Gasteiger partial charge on any atom is -0.496 e. The molecule has 0 aliphatic carbocycles. The van der Waals surface area contributed by atoms with Gasteiger partial charge in [-0.1, -0.05) is 30.3 Å². The number of benzene rings is 3. The van der Waals surface area contributed by atoms with E-state index < -0.39 is 15.8 Å². The van der Waals surface area contributed by atoms with Crippen molar-refractivity contribution in [3.8, 4) is 5.75 Å². The van der Waals surface area contributed by atoms with Gasteiger partial charge >= 0.3 is 0 Å². The van der Waals surface area contributed by atoms with E-state index in [2.05, 4.69) is 4.72 Å². The van der Waals surface area contributed by atoms with E-state index >= 15 is 0 Å². The molecule has 0 radical (unpaired) electrons. The maximum atomic E-state index is 13.8. The third kappa shape index (κ3) is 4.91. The Kier molecular flexibility index (Phi) is 6.84. The highest BCUT2D eigenvalue weighted by atomic mass is 32.2. The zero-order chi connectivity index (χ0) is 23.5. The third-order valence-electron chi connectivity index (χ3n) is 5.31. The Morgan fingerprint density at radius 2 is 1.78 bits per heavy atom.